The van der Waals surface area contributed by atoms with Crippen LogP contribution in [-0.2, 0) is 25.4 Å². The van der Waals surface area contributed by atoms with Crippen molar-refractivity contribution in [1.29, 1.82) is 0 Å². The second kappa shape index (κ2) is 12.4. The van der Waals surface area contributed by atoms with E-state index in [-0.39, 0.29) is 89.3 Å². The molecule has 2 unspecified atom stereocenters. The van der Waals surface area contributed by atoms with Crippen molar-refractivity contribution in [2.75, 3.05) is 26.3 Å². The van der Waals surface area contributed by atoms with Gasteiger partial charge < -0.3 is 35.3 Å². The lowest BCUT2D eigenvalue weighted by molar-refractivity contribution is -0.257. The first-order valence-electron chi connectivity index (χ1n) is 13.9. The molecular weight excluding hydrogens is 603 g/mol. The fraction of sp³-hybridized carbons (Fsp3) is 0.500. The van der Waals surface area contributed by atoms with Crippen LogP contribution in [0.4, 0.5) is 0 Å². The molecule has 0 radical (unpaired) electrons. The van der Waals surface area contributed by atoms with Crippen molar-refractivity contribution >= 4 is 42.2 Å². The van der Waals surface area contributed by atoms with E-state index in [9.17, 15) is 29.7 Å². The Balaban J connectivity index is 0.00000212. The monoisotopic (exact) mass is 638 g/mol. The van der Waals surface area contributed by atoms with Crippen molar-refractivity contribution in [3.63, 3.8) is 0 Å². The first-order valence-corrected chi connectivity index (χ1v) is 13.9. The number of nitrogens with zero attached hydrogens (tertiary/aromatic N) is 1. The smallest absolute Gasteiger partial charge is 0.198 e. The second-order valence-electron chi connectivity index (χ2n) is 11.5. The van der Waals surface area contributed by atoms with Gasteiger partial charge in [-0.05, 0) is 13.8 Å². The molecule has 0 saturated carbocycles. The van der Waals surface area contributed by atoms with E-state index in [1.807, 2.05) is 0 Å². The standard InChI is InChI=1S/C30H34N2O9.2ClH/c1-14-25(34)19(32-7-9-39-10-8-32)11-21(40-14)41-20-13-30(31,15(2)33)12-18-22(20)29(38)24-23(28(18)37)26(35)16-5-3-4-6-17(16)27(24)36;;/h3-6,14,19-21,25,34,37-38H,7-13,31H2,1-2H3;2*1H/t14-,19+,20?,21+,25+,30?;;/m1../s1. The van der Waals surface area contributed by atoms with Gasteiger partial charge in [0.25, 0.3) is 0 Å². The van der Waals surface area contributed by atoms with Gasteiger partial charge in [-0.25, -0.2) is 0 Å². The quantitative estimate of drug-likeness (QED) is 0.309. The molecule has 43 heavy (non-hydrogen) atoms. The maximum absolute atomic E-state index is 13.5. The van der Waals surface area contributed by atoms with Crippen LogP contribution in [0.25, 0.3) is 0 Å². The van der Waals surface area contributed by atoms with Crippen LogP contribution in [0.5, 0.6) is 11.5 Å². The lowest BCUT2D eigenvalue weighted by Gasteiger charge is -2.46. The lowest BCUT2D eigenvalue weighted by Crippen LogP contribution is -2.58. The molecule has 234 valence electrons. The summed E-state index contributed by atoms with van der Waals surface area (Å²) >= 11 is 0. The molecule has 5 N–H and O–H groups in total. The van der Waals surface area contributed by atoms with E-state index in [0.29, 0.717) is 26.3 Å². The van der Waals surface area contributed by atoms with E-state index in [4.69, 9.17) is 19.9 Å². The van der Waals surface area contributed by atoms with Crippen molar-refractivity contribution in [2.24, 2.45) is 5.73 Å². The van der Waals surface area contributed by atoms with Gasteiger partial charge >= 0.3 is 0 Å². The minimum Gasteiger partial charge on any atom is -0.507 e. The summed E-state index contributed by atoms with van der Waals surface area (Å²) in [5, 5.41) is 33.9. The molecular formula is C30H36Cl2N2O9. The largest absolute Gasteiger partial charge is 0.507 e. The number of phenolic OH excluding ortho intramolecular Hbond substituents is 2. The summed E-state index contributed by atoms with van der Waals surface area (Å²) in [4.78, 5) is 41.9. The van der Waals surface area contributed by atoms with Crippen LogP contribution in [0.15, 0.2) is 24.3 Å². The summed E-state index contributed by atoms with van der Waals surface area (Å²) in [6.45, 7) is 5.45. The van der Waals surface area contributed by atoms with Crippen LogP contribution in [0.3, 0.4) is 0 Å². The number of phenols is 2. The molecule has 2 heterocycles. The summed E-state index contributed by atoms with van der Waals surface area (Å²) in [7, 11) is 0. The summed E-state index contributed by atoms with van der Waals surface area (Å²) in [5.41, 5.74) is 4.91. The number of hydrogen-bond acceptors (Lipinski definition) is 11. The van der Waals surface area contributed by atoms with E-state index >= 15 is 0 Å². The zero-order chi connectivity index (χ0) is 29.2. The number of carbonyl (C=O) groups excluding carboxylic acids is 3. The van der Waals surface area contributed by atoms with Gasteiger partial charge in [-0.15, -0.1) is 24.8 Å². The molecule has 2 saturated heterocycles. The van der Waals surface area contributed by atoms with Crippen molar-refractivity contribution in [3.8, 4) is 11.5 Å². The van der Waals surface area contributed by atoms with Crippen molar-refractivity contribution < 1.29 is 43.9 Å². The Morgan fingerprint density at radius 1 is 1.05 bits per heavy atom. The molecule has 2 aromatic rings. The molecule has 11 nitrogen and oxygen atoms in total. The fourth-order valence-corrected chi connectivity index (χ4v) is 6.68. The number of Topliss-reactive ketones (excluding diaryl/α,β-unsaturated/α-hetero) is 1. The van der Waals surface area contributed by atoms with Crippen molar-refractivity contribution in [1.82, 2.24) is 4.90 Å². The highest BCUT2D eigenvalue weighted by molar-refractivity contribution is 6.30. The Labute approximate surface area is 261 Å². The minimum absolute atomic E-state index is 0. The SMILES string of the molecule is CC(=O)C1(N)Cc2c(O)c3c(c(O)c2C(O[C@H]2C[C@H](N4CCOCC4)[C@@H](O)[C@@H](C)O2)C1)C(=O)c1ccccc1C3=O.Cl.Cl. The number of hydrogen-bond donors (Lipinski definition) is 4. The van der Waals surface area contributed by atoms with Gasteiger partial charge in [0.15, 0.2) is 17.9 Å². The van der Waals surface area contributed by atoms with Crippen LogP contribution >= 0.6 is 24.8 Å². The van der Waals surface area contributed by atoms with E-state index < -0.39 is 53.2 Å². The Morgan fingerprint density at radius 2 is 1.63 bits per heavy atom. The van der Waals surface area contributed by atoms with Crippen LogP contribution < -0.4 is 5.73 Å². The average molecular weight is 640 g/mol. The molecule has 0 spiro atoms. The maximum Gasteiger partial charge on any atom is 0.198 e. The molecule has 2 aliphatic carbocycles. The first-order chi connectivity index (χ1) is 19.5. The number of aliphatic hydroxyl groups is 1. The highest BCUT2D eigenvalue weighted by Gasteiger charge is 2.49. The van der Waals surface area contributed by atoms with E-state index in [1.54, 1.807) is 19.1 Å². The third kappa shape index (κ3) is 5.46. The van der Waals surface area contributed by atoms with Gasteiger partial charge in [0.05, 0.1) is 48.2 Å². The molecule has 4 aliphatic rings. The normalized spacial score (nSPS) is 30.3. The third-order valence-electron chi connectivity index (χ3n) is 9.03. The molecule has 13 heteroatoms. The summed E-state index contributed by atoms with van der Waals surface area (Å²) in [6, 6.07) is 5.93. The first kappa shape index (κ1) is 33.3. The van der Waals surface area contributed by atoms with Gasteiger partial charge in [0, 0.05) is 60.6 Å². The molecule has 2 aromatic carbocycles. The predicted octanol–water partition coefficient (Wildman–Crippen LogP) is 2.20. The Morgan fingerprint density at radius 3 is 2.21 bits per heavy atom. The molecule has 0 aromatic heterocycles. The highest BCUT2D eigenvalue weighted by Crippen LogP contribution is 2.51. The number of ketones is 3. The van der Waals surface area contributed by atoms with Gasteiger partial charge in [-0.2, -0.15) is 0 Å². The van der Waals surface area contributed by atoms with Gasteiger partial charge in [0.2, 0.25) is 0 Å². The zero-order valence-electron chi connectivity index (χ0n) is 23.8. The number of aromatic hydroxyl groups is 2. The number of halogens is 2. The number of benzene rings is 2. The summed E-state index contributed by atoms with van der Waals surface area (Å²) in [6.07, 6.45) is -3.20. The van der Waals surface area contributed by atoms with E-state index in [1.165, 1.54) is 19.1 Å². The van der Waals surface area contributed by atoms with Crippen molar-refractivity contribution in [3.05, 3.63) is 57.6 Å². The van der Waals surface area contributed by atoms with Crippen LogP contribution in [-0.4, -0.2) is 94.0 Å². The number of morpholine rings is 1. The topological polar surface area (TPSA) is 169 Å². The minimum atomic E-state index is -1.47. The second-order valence-corrected chi connectivity index (χ2v) is 11.5. The predicted molar refractivity (Wildman–Crippen MR) is 158 cm³/mol. The Hall–Kier alpha value is -2.61. The molecule has 6 rings (SSSR count). The van der Waals surface area contributed by atoms with Crippen molar-refractivity contribution in [2.45, 2.75) is 69.3 Å². The Kier molecular flexibility index (Phi) is 9.61. The lowest BCUT2D eigenvalue weighted by atomic mass is 9.71. The van der Waals surface area contributed by atoms with Crippen LogP contribution in [0.2, 0.25) is 0 Å². The van der Waals surface area contributed by atoms with E-state index in [2.05, 4.69) is 4.90 Å². The number of carbonyl (C=O) groups is 3. The number of rotatable bonds is 4. The molecule has 0 amide bonds. The van der Waals surface area contributed by atoms with Gasteiger partial charge in [-0.1, -0.05) is 24.3 Å². The van der Waals surface area contributed by atoms with Gasteiger partial charge in [-0.3, -0.25) is 19.3 Å². The maximum atomic E-state index is 13.5. The molecule has 2 aliphatic heterocycles. The number of nitrogens with two attached hydrogens (primary N) is 1. The number of fused-ring (bicyclic) bond motifs is 3. The Bertz CT molecular complexity index is 1450. The van der Waals surface area contributed by atoms with E-state index in [0.717, 1.165) is 0 Å². The molecule has 2 fully saturated rings. The molecule has 0 bridgehead atoms. The van der Waals surface area contributed by atoms with Crippen LogP contribution in [0.1, 0.15) is 75.8 Å². The number of aliphatic hydroxyl groups excluding tert-OH is 1. The number of ether oxygens (including phenoxy) is 3. The van der Waals surface area contributed by atoms with Gasteiger partial charge in [0.1, 0.15) is 17.3 Å². The average Bonchev–Trinajstić information content (AvgIpc) is 2.95. The fourth-order valence-electron chi connectivity index (χ4n) is 6.68. The highest BCUT2D eigenvalue weighted by atomic mass is 35.5. The third-order valence-corrected chi connectivity index (χ3v) is 9.03. The van der Waals surface area contributed by atoms with Crippen LogP contribution in [0, 0.1) is 0 Å². The summed E-state index contributed by atoms with van der Waals surface area (Å²) in [5.74, 6) is -2.54. The molecule has 6 atom stereocenters. The summed E-state index contributed by atoms with van der Waals surface area (Å²) < 4.78 is 17.9. The zero-order valence-corrected chi connectivity index (χ0v) is 25.4.